The number of cyclic esters (lactones) is 1. The molecule has 10 heteroatoms. The maximum absolute atomic E-state index is 12.8. The molecule has 0 aromatic heterocycles. The highest BCUT2D eigenvalue weighted by molar-refractivity contribution is 5.88. The molecule has 206 valence electrons. The minimum Gasteiger partial charge on any atom is -0.459 e. The van der Waals surface area contributed by atoms with Gasteiger partial charge in [-0.3, -0.25) is 4.79 Å². The maximum Gasteiger partial charge on any atom is 0.311 e. The monoisotopic (exact) mass is 505 g/mol. The van der Waals surface area contributed by atoms with E-state index in [9.17, 15) is 25.2 Å². The first kappa shape index (κ1) is 31.7. The average molecular weight is 506 g/mol. The highest BCUT2D eigenvalue weighted by atomic mass is 16.7. The fourth-order valence-corrected chi connectivity index (χ4v) is 4.98. The van der Waals surface area contributed by atoms with Crippen LogP contribution in [0, 0.1) is 23.7 Å². The van der Waals surface area contributed by atoms with Gasteiger partial charge in [0, 0.05) is 18.9 Å². The largest absolute Gasteiger partial charge is 0.459 e. The van der Waals surface area contributed by atoms with Gasteiger partial charge in [0.2, 0.25) is 6.79 Å². The lowest BCUT2D eigenvalue weighted by Gasteiger charge is -2.41. The first-order valence-electron chi connectivity index (χ1n) is 12.5. The van der Waals surface area contributed by atoms with E-state index < -0.39 is 53.2 Å². The summed E-state index contributed by atoms with van der Waals surface area (Å²) in [6.07, 6.45) is -2.70. The number of hydrogen-bond acceptors (Lipinski definition) is 10. The summed E-state index contributed by atoms with van der Waals surface area (Å²) < 4.78 is 15.8. The number of methoxy groups -OCH3 is 1. The van der Waals surface area contributed by atoms with E-state index in [1.54, 1.807) is 41.7 Å². The van der Waals surface area contributed by atoms with Crippen LogP contribution in [0.2, 0.25) is 0 Å². The van der Waals surface area contributed by atoms with E-state index in [0.717, 1.165) is 0 Å². The molecule has 1 fully saturated rings. The number of ether oxygens (including phenoxy) is 3. The minimum absolute atomic E-state index is 0.133. The van der Waals surface area contributed by atoms with Crippen LogP contribution in [-0.2, 0) is 23.8 Å². The lowest BCUT2D eigenvalue weighted by Crippen LogP contribution is -2.56. The van der Waals surface area contributed by atoms with Crippen molar-refractivity contribution in [2.24, 2.45) is 28.8 Å². The van der Waals surface area contributed by atoms with Gasteiger partial charge in [0.15, 0.2) is 0 Å². The van der Waals surface area contributed by atoms with Crippen molar-refractivity contribution in [3.05, 3.63) is 0 Å². The topological polar surface area (TPSA) is 147 Å². The zero-order valence-electron chi connectivity index (χ0n) is 22.6. The summed E-state index contributed by atoms with van der Waals surface area (Å²) >= 11 is 0. The van der Waals surface area contributed by atoms with Crippen LogP contribution in [0.3, 0.4) is 0 Å². The van der Waals surface area contributed by atoms with Gasteiger partial charge in [-0.15, -0.1) is 0 Å². The van der Waals surface area contributed by atoms with Crippen molar-refractivity contribution in [1.29, 1.82) is 0 Å². The van der Waals surface area contributed by atoms with Gasteiger partial charge in [-0.25, -0.2) is 0 Å². The Kier molecular flexibility index (Phi) is 12.6. The third-order valence-electron chi connectivity index (χ3n) is 7.04. The van der Waals surface area contributed by atoms with Crippen molar-refractivity contribution in [2.45, 2.75) is 97.2 Å². The summed E-state index contributed by atoms with van der Waals surface area (Å²) in [6, 6.07) is 0. The van der Waals surface area contributed by atoms with Gasteiger partial charge in [-0.05, 0) is 46.0 Å². The average Bonchev–Trinajstić information content (AvgIpc) is 2.78. The summed E-state index contributed by atoms with van der Waals surface area (Å²) in [7, 11) is 1.56. The molecule has 4 N–H and O–H groups in total. The lowest BCUT2D eigenvalue weighted by atomic mass is 9.75. The number of aliphatic hydroxyl groups is 4. The Labute approximate surface area is 209 Å². The molecule has 1 heterocycles. The fraction of sp³-hybridized carbons (Fsp3) is 0.920. The zero-order valence-corrected chi connectivity index (χ0v) is 22.6. The molecule has 0 bridgehead atoms. The predicted molar refractivity (Wildman–Crippen MR) is 131 cm³/mol. The van der Waals surface area contributed by atoms with E-state index in [1.165, 1.54) is 6.92 Å². The Morgan fingerprint density at radius 2 is 1.69 bits per heavy atom. The Hall–Kier alpha value is -1.30. The summed E-state index contributed by atoms with van der Waals surface area (Å²) in [5.74, 6) is -3.00. The van der Waals surface area contributed by atoms with Crippen LogP contribution >= 0.6 is 0 Å². The van der Waals surface area contributed by atoms with Crippen molar-refractivity contribution < 1.29 is 44.3 Å². The summed E-state index contributed by atoms with van der Waals surface area (Å²) in [5.41, 5.74) is -2.60. The van der Waals surface area contributed by atoms with Gasteiger partial charge < -0.3 is 39.5 Å². The number of rotatable bonds is 7. The highest BCUT2D eigenvalue weighted by Gasteiger charge is 2.47. The molecule has 10 nitrogen and oxygen atoms in total. The molecule has 35 heavy (non-hydrogen) atoms. The molecule has 0 radical (unpaired) electrons. The lowest BCUT2D eigenvalue weighted by molar-refractivity contribution is -0.189. The molecule has 0 aromatic rings. The van der Waals surface area contributed by atoms with Gasteiger partial charge in [0.05, 0.1) is 42.7 Å². The van der Waals surface area contributed by atoms with Crippen LogP contribution in [-0.4, -0.2) is 88.7 Å². The van der Waals surface area contributed by atoms with Gasteiger partial charge in [0.25, 0.3) is 0 Å². The van der Waals surface area contributed by atoms with Crippen molar-refractivity contribution in [2.75, 3.05) is 27.1 Å². The van der Waals surface area contributed by atoms with Crippen molar-refractivity contribution in [3.63, 3.8) is 0 Å². The number of nitrogens with zero attached hydrogens (tertiary/aromatic N) is 1. The molecule has 1 aliphatic heterocycles. The Morgan fingerprint density at radius 1 is 1.06 bits per heavy atom. The number of carbonyl (C=O) groups is 1. The maximum atomic E-state index is 12.8. The molecular weight excluding hydrogens is 458 g/mol. The fourth-order valence-electron chi connectivity index (χ4n) is 4.98. The number of hydrogen-bond donors (Lipinski definition) is 4. The van der Waals surface area contributed by atoms with Crippen LogP contribution in [0.1, 0.15) is 67.7 Å². The molecule has 0 aromatic carbocycles. The van der Waals surface area contributed by atoms with Crippen LogP contribution in [0.25, 0.3) is 0 Å². The molecule has 1 saturated heterocycles. The minimum atomic E-state index is -1.82. The van der Waals surface area contributed by atoms with E-state index >= 15 is 0 Å². The molecule has 0 aliphatic carbocycles. The Bertz CT molecular complexity index is 682. The summed E-state index contributed by atoms with van der Waals surface area (Å²) in [4.78, 5) is 18.2. The number of carbonyl (C=O) groups excluding carboxylic acids is 1. The number of esters is 1. The molecule has 1 rings (SSSR count). The number of aliphatic hydroxyl groups excluding tert-OH is 2. The third kappa shape index (κ3) is 8.94. The molecule has 0 amide bonds. The summed E-state index contributed by atoms with van der Waals surface area (Å²) in [6.45, 7) is 12.3. The normalized spacial score (nSPS) is 41.3. The standard InChI is InChI=1S/C25H47NO9/c1-9-19-25(7,31)22(28)17(4)20(26-34-14-33-11-10-32-8)15(2)12-24(6,30)13-16(3)21(27)18(5)23(29)35-19/h15-19,21-22,27-28,30-31H,9-14H2,1-8H3/b26-20+/t15-,16-,17+,18-,19-,21+,22-,24-,25-/m1/s1. The second-order valence-electron chi connectivity index (χ2n) is 10.5. The Balaban J connectivity index is 3.37. The van der Waals surface area contributed by atoms with Crippen LogP contribution in [0.15, 0.2) is 5.16 Å². The van der Waals surface area contributed by atoms with Gasteiger partial charge in [-0.2, -0.15) is 0 Å². The summed E-state index contributed by atoms with van der Waals surface area (Å²) in [5, 5.41) is 48.7. The van der Waals surface area contributed by atoms with Crippen molar-refractivity contribution >= 4 is 11.7 Å². The zero-order chi connectivity index (χ0) is 27.0. The Morgan fingerprint density at radius 3 is 2.26 bits per heavy atom. The third-order valence-corrected chi connectivity index (χ3v) is 7.04. The van der Waals surface area contributed by atoms with E-state index in [-0.39, 0.29) is 32.0 Å². The smallest absolute Gasteiger partial charge is 0.311 e. The second-order valence-corrected chi connectivity index (χ2v) is 10.5. The highest BCUT2D eigenvalue weighted by Crippen LogP contribution is 2.34. The molecule has 0 unspecified atom stereocenters. The first-order chi connectivity index (χ1) is 16.2. The quantitative estimate of drug-likeness (QED) is 0.176. The van der Waals surface area contributed by atoms with E-state index in [1.807, 2.05) is 6.92 Å². The van der Waals surface area contributed by atoms with E-state index in [4.69, 9.17) is 19.0 Å². The van der Waals surface area contributed by atoms with Gasteiger partial charge in [0.1, 0.15) is 11.7 Å². The van der Waals surface area contributed by atoms with Crippen LogP contribution < -0.4 is 0 Å². The SMILES string of the molecule is CC[C@H]1OC(=O)[C@H](C)[C@@H](O)[C@H](C)C[C@](C)(O)C[C@@H](C)/C(=N\OCOCCOC)[C@H](C)[C@@H](O)[C@]1(C)O. The van der Waals surface area contributed by atoms with Crippen LogP contribution in [0.5, 0.6) is 0 Å². The van der Waals surface area contributed by atoms with E-state index in [0.29, 0.717) is 18.9 Å². The first-order valence-corrected chi connectivity index (χ1v) is 12.5. The van der Waals surface area contributed by atoms with E-state index in [2.05, 4.69) is 5.16 Å². The molecule has 9 atom stereocenters. The second kappa shape index (κ2) is 13.9. The molecule has 1 aliphatic rings. The van der Waals surface area contributed by atoms with Gasteiger partial charge >= 0.3 is 5.97 Å². The molecular formula is C25H47NO9. The van der Waals surface area contributed by atoms with Crippen molar-refractivity contribution in [1.82, 2.24) is 0 Å². The predicted octanol–water partition coefficient (Wildman–Crippen LogP) is 1.86. The van der Waals surface area contributed by atoms with Crippen LogP contribution in [0.4, 0.5) is 0 Å². The van der Waals surface area contributed by atoms with Crippen molar-refractivity contribution in [3.8, 4) is 0 Å². The van der Waals surface area contributed by atoms with Gasteiger partial charge in [-0.1, -0.05) is 32.9 Å². The molecule has 0 saturated carbocycles. The molecule has 0 spiro atoms. The number of oxime groups is 1.